The fourth-order valence-electron chi connectivity index (χ4n) is 1.58. The molecule has 17 heavy (non-hydrogen) atoms. The highest BCUT2D eigenvalue weighted by Gasteiger charge is 2.12. The number of pyridine rings is 1. The lowest BCUT2D eigenvalue weighted by Gasteiger charge is -2.15. The molecule has 0 amide bonds. The summed E-state index contributed by atoms with van der Waals surface area (Å²) in [5.74, 6) is 1.74. The Bertz CT molecular complexity index is 455. The number of thiazole rings is 1. The Labute approximate surface area is 105 Å². The number of anilines is 2. The molecule has 5 heteroatoms. The summed E-state index contributed by atoms with van der Waals surface area (Å²) in [5, 5.41) is 9.53. The summed E-state index contributed by atoms with van der Waals surface area (Å²) < 4.78 is 0. The second-order valence-electron chi connectivity index (χ2n) is 3.63. The van der Waals surface area contributed by atoms with Crippen LogP contribution in [-0.2, 0) is 0 Å². The summed E-state index contributed by atoms with van der Waals surface area (Å²) in [6.07, 6.45) is 2.82. The zero-order chi connectivity index (χ0) is 12.1. The van der Waals surface area contributed by atoms with Gasteiger partial charge in [0.25, 0.3) is 0 Å². The summed E-state index contributed by atoms with van der Waals surface area (Å²) in [7, 11) is 1.87. The number of rotatable bonds is 5. The summed E-state index contributed by atoms with van der Waals surface area (Å²) in [5.41, 5.74) is 0. The highest BCUT2D eigenvalue weighted by atomic mass is 32.1. The molecule has 0 spiro atoms. The quantitative estimate of drug-likeness (QED) is 0.853. The molecule has 1 atom stereocenters. The lowest BCUT2D eigenvalue weighted by atomic mass is 10.2. The van der Waals surface area contributed by atoms with Gasteiger partial charge in [-0.25, -0.2) is 9.97 Å². The zero-order valence-corrected chi connectivity index (χ0v) is 10.8. The summed E-state index contributed by atoms with van der Waals surface area (Å²) in [6.45, 7) is 2.14. The van der Waals surface area contributed by atoms with Crippen LogP contribution in [0.15, 0.2) is 29.8 Å². The van der Waals surface area contributed by atoms with E-state index in [1.165, 1.54) is 0 Å². The van der Waals surface area contributed by atoms with Crippen molar-refractivity contribution in [3.63, 3.8) is 0 Å². The van der Waals surface area contributed by atoms with Gasteiger partial charge in [0.15, 0.2) is 0 Å². The van der Waals surface area contributed by atoms with Gasteiger partial charge in [-0.3, -0.25) is 0 Å². The van der Waals surface area contributed by atoms with E-state index < -0.39 is 0 Å². The highest BCUT2D eigenvalue weighted by molar-refractivity contribution is 7.09. The third-order valence-corrected chi connectivity index (χ3v) is 3.37. The lowest BCUT2D eigenvalue weighted by molar-refractivity contribution is 0.738. The fourth-order valence-corrected chi connectivity index (χ4v) is 2.35. The van der Waals surface area contributed by atoms with Crippen molar-refractivity contribution in [1.29, 1.82) is 0 Å². The lowest BCUT2D eigenvalue weighted by Crippen LogP contribution is -2.10. The van der Waals surface area contributed by atoms with Crippen LogP contribution in [0.3, 0.4) is 0 Å². The predicted molar refractivity (Wildman–Crippen MR) is 72.6 cm³/mol. The molecule has 2 aromatic heterocycles. The first kappa shape index (κ1) is 11.9. The Morgan fingerprint density at radius 3 is 2.82 bits per heavy atom. The third-order valence-electron chi connectivity index (χ3n) is 2.49. The van der Waals surface area contributed by atoms with Crippen LogP contribution in [0.4, 0.5) is 11.6 Å². The Morgan fingerprint density at radius 2 is 2.18 bits per heavy atom. The molecule has 0 aromatic carbocycles. The molecule has 2 aromatic rings. The number of aromatic nitrogens is 2. The van der Waals surface area contributed by atoms with Crippen molar-refractivity contribution in [3.05, 3.63) is 34.8 Å². The maximum Gasteiger partial charge on any atom is 0.128 e. The molecular formula is C12H16N4S. The smallest absolute Gasteiger partial charge is 0.128 e. The van der Waals surface area contributed by atoms with Gasteiger partial charge >= 0.3 is 0 Å². The highest BCUT2D eigenvalue weighted by Crippen LogP contribution is 2.23. The molecule has 2 heterocycles. The summed E-state index contributed by atoms with van der Waals surface area (Å²) >= 11 is 1.67. The molecule has 0 fully saturated rings. The van der Waals surface area contributed by atoms with Crippen LogP contribution < -0.4 is 10.6 Å². The minimum absolute atomic E-state index is 0.231. The predicted octanol–water partition coefficient (Wildman–Crippen LogP) is 3.14. The van der Waals surface area contributed by atoms with Crippen molar-refractivity contribution in [2.45, 2.75) is 19.4 Å². The summed E-state index contributed by atoms with van der Waals surface area (Å²) in [6, 6.07) is 6.12. The average molecular weight is 248 g/mol. The number of nitrogens with zero attached hydrogens (tertiary/aromatic N) is 2. The Kier molecular flexibility index (Phi) is 3.93. The van der Waals surface area contributed by atoms with E-state index in [4.69, 9.17) is 0 Å². The van der Waals surface area contributed by atoms with E-state index in [0.29, 0.717) is 0 Å². The Hall–Kier alpha value is -1.62. The Balaban J connectivity index is 2.13. The van der Waals surface area contributed by atoms with Crippen LogP contribution in [0, 0.1) is 0 Å². The van der Waals surface area contributed by atoms with Crippen LogP contribution in [0.25, 0.3) is 0 Å². The van der Waals surface area contributed by atoms with Crippen molar-refractivity contribution in [2.24, 2.45) is 0 Å². The largest absolute Gasteiger partial charge is 0.373 e. The molecule has 0 aliphatic carbocycles. The van der Waals surface area contributed by atoms with E-state index in [1.54, 1.807) is 11.3 Å². The van der Waals surface area contributed by atoms with Crippen molar-refractivity contribution < 1.29 is 0 Å². The van der Waals surface area contributed by atoms with E-state index in [-0.39, 0.29) is 6.04 Å². The van der Waals surface area contributed by atoms with Gasteiger partial charge in [-0.05, 0) is 18.6 Å². The molecule has 2 rings (SSSR count). The maximum atomic E-state index is 4.44. The SMILES string of the molecule is CCC(Nc1cccc(NC)n1)c1nccs1. The molecule has 4 nitrogen and oxygen atoms in total. The number of hydrogen-bond donors (Lipinski definition) is 2. The van der Waals surface area contributed by atoms with Crippen LogP contribution in [-0.4, -0.2) is 17.0 Å². The minimum Gasteiger partial charge on any atom is -0.373 e. The molecule has 0 aliphatic heterocycles. The molecule has 0 aliphatic rings. The second-order valence-corrected chi connectivity index (χ2v) is 4.56. The van der Waals surface area contributed by atoms with E-state index in [2.05, 4.69) is 27.5 Å². The molecular weight excluding hydrogens is 232 g/mol. The molecule has 0 radical (unpaired) electrons. The zero-order valence-electron chi connectivity index (χ0n) is 9.97. The topological polar surface area (TPSA) is 49.8 Å². The van der Waals surface area contributed by atoms with E-state index >= 15 is 0 Å². The maximum absolute atomic E-state index is 4.44. The van der Waals surface area contributed by atoms with Crippen LogP contribution >= 0.6 is 11.3 Å². The summed E-state index contributed by atoms with van der Waals surface area (Å²) in [4.78, 5) is 8.78. The van der Waals surface area contributed by atoms with Crippen molar-refractivity contribution in [3.8, 4) is 0 Å². The first-order chi connectivity index (χ1) is 8.33. The number of hydrogen-bond acceptors (Lipinski definition) is 5. The normalized spacial score (nSPS) is 12.1. The van der Waals surface area contributed by atoms with Crippen molar-refractivity contribution in [1.82, 2.24) is 9.97 Å². The van der Waals surface area contributed by atoms with Crippen LogP contribution in [0.2, 0.25) is 0 Å². The molecule has 0 saturated heterocycles. The van der Waals surface area contributed by atoms with Crippen molar-refractivity contribution in [2.75, 3.05) is 17.7 Å². The molecule has 0 bridgehead atoms. The van der Waals surface area contributed by atoms with E-state index in [9.17, 15) is 0 Å². The standard InChI is InChI=1S/C12H16N4S/c1-3-9(12-14-7-8-17-12)15-11-6-4-5-10(13-2)16-11/h4-9H,3H2,1-2H3,(H2,13,15,16). The Morgan fingerprint density at radius 1 is 1.35 bits per heavy atom. The molecule has 90 valence electrons. The monoisotopic (exact) mass is 248 g/mol. The molecule has 1 unspecified atom stereocenters. The van der Waals surface area contributed by atoms with Gasteiger partial charge in [0.05, 0.1) is 6.04 Å². The van der Waals surface area contributed by atoms with E-state index in [1.807, 2.05) is 36.8 Å². The van der Waals surface area contributed by atoms with Gasteiger partial charge in [0, 0.05) is 18.6 Å². The average Bonchev–Trinajstić information content (AvgIpc) is 2.90. The first-order valence-corrected chi connectivity index (χ1v) is 6.52. The van der Waals surface area contributed by atoms with Gasteiger partial charge in [-0.15, -0.1) is 11.3 Å². The third kappa shape index (κ3) is 2.94. The van der Waals surface area contributed by atoms with Gasteiger partial charge < -0.3 is 10.6 Å². The van der Waals surface area contributed by atoms with Gasteiger partial charge in [0.1, 0.15) is 16.6 Å². The van der Waals surface area contributed by atoms with Gasteiger partial charge in [-0.1, -0.05) is 13.0 Å². The fraction of sp³-hybridized carbons (Fsp3) is 0.333. The van der Waals surface area contributed by atoms with Gasteiger partial charge in [-0.2, -0.15) is 0 Å². The van der Waals surface area contributed by atoms with E-state index in [0.717, 1.165) is 23.1 Å². The molecule has 2 N–H and O–H groups in total. The molecule has 0 saturated carbocycles. The minimum atomic E-state index is 0.231. The number of nitrogens with one attached hydrogen (secondary N) is 2. The first-order valence-electron chi connectivity index (χ1n) is 5.64. The van der Waals surface area contributed by atoms with Crippen molar-refractivity contribution >= 4 is 23.0 Å². The van der Waals surface area contributed by atoms with Crippen LogP contribution in [0.5, 0.6) is 0 Å². The van der Waals surface area contributed by atoms with Crippen LogP contribution in [0.1, 0.15) is 24.4 Å². The second kappa shape index (κ2) is 5.63. The van der Waals surface area contributed by atoms with Gasteiger partial charge in [0.2, 0.25) is 0 Å².